The summed E-state index contributed by atoms with van der Waals surface area (Å²) in [5.41, 5.74) is 2.19. The van der Waals surface area contributed by atoms with Gasteiger partial charge >= 0.3 is 0 Å². The van der Waals surface area contributed by atoms with Crippen LogP contribution in [-0.2, 0) is 13.1 Å². The molecule has 5 rings (SSSR count). The number of nitrogens with one attached hydrogen (secondary N) is 1. The number of rotatable bonds is 7. The molecule has 2 aliphatic rings. The van der Waals surface area contributed by atoms with Gasteiger partial charge in [-0.25, -0.2) is 4.98 Å². The lowest BCUT2D eigenvalue weighted by Gasteiger charge is -2.36. The van der Waals surface area contributed by atoms with E-state index < -0.39 is 6.10 Å². The van der Waals surface area contributed by atoms with Gasteiger partial charge in [0.25, 0.3) is 5.56 Å². The molecule has 0 radical (unpaired) electrons. The Labute approximate surface area is 221 Å². The molecular formula is C24H31Cl2N5O5. The standard InChI is InChI=1S/C24H29N5O5.2ClH/c1-32-17-2-3-18-20(11-17)29(24(31)14-27-18)7-6-28-5-4-19(21(30)15-28)26-12-16-10-22-23(13-25-16)34-9-8-33-22;;/h2-3,10-11,13-14,19,21,26,30H,4-9,12,15H2,1H3;2*1H/t19-,21+;;/m0../s1. The van der Waals surface area contributed by atoms with Crippen LogP contribution >= 0.6 is 24.8 Å². The van der Waals surface area contributed by atoms with Gasteiger partial charge in [0.1, 0.15) is 19.0 Å². The molecule has 10 nitrogen and oxygen atoms in total. The molecule has 0 bridgehead atoms. The van der Waals surface area contributed by atoms with Crippen LogP contribution in [0.5, 0.6) is 17.2 Å². The number of aliphatic hydroxyl groups excluding tert-OH is 1. The van der Waals surface area contributed by atoms with Crippen LogP contribution in [0.3, 0.4) is 0 Å². The maximum absolute atomic E-state index is 12.5. The number of β-amino-alcohol motifs (C(OH)–C–C–N with tert-alkyl or cyclic N) is 1. The highest BCUT2D eigenvalue weighted by Crippen LogP contribution is 2.29. The Balaban J connectivity index is 0.00000180. The Morgan fingerprint density at radius 2 is 1.92 bits per heavy atom. The molecule has 196 valence electrons. The highest BCUT2D eigenvalue weighted by atomic mass is 35.5. The number of piperidine rings is 1. The number of pyridine rings is 1. The third kappa shape index (κ3) is 6.19. The first-order valence-electron chi connectivity index (χ1n) is 11.5. The van der Waals surface area contributed by atoms with Gasteiger partial charge < -0.3 is 29.2 Å². The number of nitrogens with zero attached hydrogens (tertiary/aromatic N) is 4. The number of halogens is 2. The van der Waals surface area contributed by atoms with Crippen molar-refractivity contribution in [1.82, 2.24) is 24.8 Å². The van der Waals surface area contributed by atoms with Crippen molar-refractivity contribution in [2.24, 2.45) is 0 Å². The Kier molecular flexibility index (Phi) is 9.75. The first-order valence-corrected chi connectivity index (χ1v) is 11.5. The Morgan fingerprint density at radius 3 is 2.69 bits per heavy atom. The smallest absolute Gasteiger partial charge is 0.269 e. The number of aromatic nitrogens is 3. The molecule has 2 aliphatic heterocycles. The highest BCUT2D eigenvalue weighted by molar-refractivity contribution is 5.85. The maximum atomic E-state index is 12.5. The fourth-order valence-electron chi connectivity index (χ4n) is 4.50. The predicted octanol–water partition coefficient (Wildman–Crippen LogP) is 1.64. The van der Waals surface area contributed by atoms with Crippen molar-refractivity contribution < 1.29 is 19.3 Å². The number of aliphatic hydroxyl groups is 1. The van der Waals surface area contributed by atoms with E-state index in [1.807, 2.05) is 24.3 Å². The lowest BCUT2D eigenvalue weighted by atomic mass is 10.0. The number of ether oxygens (including phenoxy) is 3. The summed E-state index contributed by atoms with van der Waals surface area (Å²) in [5, 5.41) is 14.2. The summed E-state index contributed by atoms with van der Waals surface area (Å²) in [6.07, 6.45) is 3.32. The fourth-order valence-corrected chi connectivity index (χ4v) is 4.50. The van der Waals surface area contributed by atoms with E-state index in [1.54, 1.807) is 17.9 Å². The summed E-state index contributed by atoms with van der Waals surface area (Å²) in [7, 11) is 1.60. The number of likely N-dealkylation sites (tertiary alicyclic amines) is 1. The van der Waals surface area contributed by atoms with Crippen molar-refractivity contribution in [3.05, 3.63) is 52.7 Å². The third-order valence-corrected chi connectivity index (χ3v) is 6.39. The van der Waals surface area contributed by atoms with Crippen molar-refractivity contribution in [2.75, 3.05) is 40.0 Å². The molecule has 0 spiro atoms. The van der Waals surface area contributed by atoms with Gasteiger partial charge in [-0.1, -0.05) is 0 Å². The molecule has 1 aromatic carbocycles. The molecule has 2 aromatic heterocycles. The summed E-state index contributed by atoms with van der Waals surface area (Å²) in [6.45, 7) is 4.14. The molecule has 1 fully saturated rings. The van der Waals surface area contributed by atoms with E-state index in [1.165, 1.54) is 6.20 Å². The normalized spacial score (nSPS) is 19.3. The van der Waals surface area contributed by atoms with Crippen LogP contribution in [0.2, 0.25) is 0 Å². The van der Waals surface area contributed by atoms with E-state index in [-0.39, 0.29) is 36.4 Å². The summed E-state index contributed by atoms with van der Waals surface area (Å²) in [5.74, 6) is 2.07. The van der Waals surface area contributed by atoms with Gasteiger partial charge in [0.15, 0.2) is 11.5 Å². The molecule has 0 unspecified atom stereocenters. The van der Waals surface area contributed by atoms with Crippen LogP contribution in [0, 0.1) is 0 Å². The van der Waals surface area contributed by atoms with Gasteiger partial charge in [-0.05, 0) is 25.1 Å². The molecule has 2 atom stereocenters. The first-order chi connectivity index (χ1) is 16.6. The van der Waals surface area contributed by atoms with Crippen LogP contribution in [-0.4, -0.2) is 76.6 Å². The molecule has 0 amide bonds. The second-order valence-corrected chi connectivity index (χ2v) is 8.57. The van der Waals surface area contributed by atoms with E-state index in [0.717, 1.165) is 29.7 Å². The van der Waals surface area contributed by atoms with Gasteiger partial charge in [-0.2, -0.15) is 0 Å². The Morgan fingerprint density at radius 1 is 1.11 bits per heavy atom. The van der Waals surface area contributed by atoms with Gasteiger partial charge in [0.2, 0.25) is 0 Å². The van der Waals surface area contributed by atoms with Crippen molar-refractivity contribution in [2.45, 2.75) is 31.7 Å². The maximum Gasteiger partial charge on any atom is 0.269 e. The zero-order valence-corrected chi connectivity index (χ0v) is 21.6. The van der Waals surface area contributed by atoms with E-state index in [2.05, 4.69) is 20.2 Å². The SMILES string of the molecule is COc1ccc2ncc(=O)n(CCN3CC[C@H](NCc4cc5c(cn4)OCCO5)[C@H](O)C3)c2c1.Cl.Cl. The minimum atomic E-state index is -0.517. The fraction of sp³-hybridized carbons (Fsp3) is 0.458. The van der Waals surface area contributed by atoms with Crippen molar-refractivity contribution in [3.63, 3.8) is 0 Å². The van der Waals surface area contributed by atoms with E-state index in [0.29, 0.717) is 56.6 Å². The quantitative estimate of drug-likeness (QED) is 0.462. The van der Waals surface area contributed by atoms with Gasteiger partial charge in [0.05, 0.1) is 42.3 Å². The zero-order valence-electron chi connectivity index (χ0n) is 20.0. The number of methoxy groups -OCH3 is 1. The minimum absolute atomic E-state index is 0. The van der Waals surface area contributed by atoms with Gasteiger partial charge in [-0.3, -0.25) is 14.7 Å². The third-order valence-electron chi connectivity index (χ3n) is 6.39. The average Bonchev–Trinajstić information content (AvgIpc) is 2.87. The predicted molar refractivity (Wildman–Crippen MR) is 140 cm³/mol. The molecule has 4 heterocycles. The average molecular weight is 540 g/mol. The second-order valence-electron chi connectivity index (χ2n) is 8.57. The monoisotopic (exact) mass is 539 g/mol. The highest BCUT2D eigenvalue weighted by Gasteiger charge is 2.27. The number of hydrogen-bond donors (Lipinski definition) is 2. The molecule has 0 aliphatic carbocycles. The van der Waals surface area contributed by atoms with Crippen molar-refractivity contribution in [3.8, 4) is 17.2 Å². The van der Waals surface area contributed by atoms with Crippen molar-refractivity contribution in [1.29, 1.82) is 0 Å². The topological polar surface area (TPSA) is 111 Å². The summed E-state index contributed by atoms with van der Waals surface area (Å²) >= 11 is 0. The zero-order chi connectivity index (χ0) is 23.5. The van der Waals surface area contributed by atoms with Crippen LogP contribution in [0.4, 0.5) is 0 Å². The van der Waals surface area contributed by atoms with E-state index >= 15 is 0 Å². The molecule has 0 saturated carbocycles. The molecule has 36 heavy (non-hydrogen) atoms. The van der Waals surface area contributed by atoms with Crippen LogP contribution in [0.25, 0.3) is 11.0 Å². The summed E-state index contributed by atoms with van der Waals surface area (Å²) in [4.78, 5) is 23.3. The minimum Gasteiger partial charge on any atom is -0.497 e. The first kappa shape index (κ1) is 27.9. The molecule has 12 heteroatoms. The van der Waals surface area contributed by atoms with Crippen molar-refractivity contribution >= 4 is 35.8 Å². The summed E-state index contributed by atoms with van der Waals surface area (Å²) in [6, 6.07) is 7.37. The van der Waals surface area contributed by atoms with E-state index in [4.69, 9.17) is 14.2 Å². The largest absolute Gasteiger partial charge is 0.497 e. The molecular weight excluding hydrogens is 509 g/mol. The Bertz CT molecular complexity index is 1230. The van der Waals surface area contributed by atoms with Crippen LogP contribution < -0.4 is 25.1 Å². The molecule has 2 N–H and O–H groups in total. The molecule has 3 aromatic rings. The lowest BCUT2D eigenvalue weighted by molar-refractivity contribution is 0.0384. The van der Waals surface area contributed by atoms with E-state index in [9.17, 15) is 9.90 Å². The number of benzene rings is 1. The number of hydrogen-bond acceptors (Lipinski definition) is 9. The lowest BCUT2D eigenvalue weighted by Crippen LogP contribution is -2.53. The van der Waals surface area contributed by atoms with Crippen LogP contribution in [0.1, 0.15) is 12.1 Å². The number of fused-ring (bicyclic) bond motifs is 2. The second kappa shape index (κ2) is 12.6. The summed E-state index contributed by atoms with van der Waals surface area (Å²) < 4.78 is 18.2. The van der Waals surface area contributed by atoms with Gasteiger partial charge in [0, 0.05) is 44.4 Å². The molecule has 1 saturated heterocycles. The Hall–Kier alpha value is -2.63. The van der Waals surface area contributed by atoms with Crippen LogP contribution in [0.15, 0.2) is 41.5 Å². The van der Waals surface area contributed by atoms with Gasteiger partial charge in [-0.15, -0.1) is 24.8 Å².